The molecule has 0 aliphatic carbocycles. The van der Waals surface area contributed by atoms with E-state index in [1.807, 2.05) is 13.8 Å². The standard InChI is InChI=1S/C12H14F3NO/c1-6-5-17-12(7(2)16-6)8-3-10(14)11(15)4-9(8)13/h3-4,6-7,12,16H,5H2,1-2H3/t6-,7?,12?/m0/s1. The molecule has 0 spiro atoms. The third-order valence-electron chi connectivity index (χ3n) is 2.87. The Kier molecular flexibility index (Phi) is 3.40. The third kappa shape index (κ3) is 2.45. The van der Waals surface area contributed by atoms with E-state index in [4.69, 9.17) is 4.74 Å². The highest BCUT2D eigenvalue weighted by atomic mass is 19.2. The van der Waals surface area contributed by atoms with Crippen molar-refractivity contribution < 1.29 is 17.9 Å². The molecule has 0 saturated carbocycles. The second-order valence-corrected chi connectivity index (χ2v) is 4.40. The lowest BCUT2D eigenvalue weighted by Gasteiger charge is -2.34. The number of ether oxygens (including phenoxy) is 1. The molecule has 0 amide bonds. The van der Waals surface area contributed by atoms with Gasteiger partial charge in [-0.25, -0.2) is 13.2 Å². The van der Waals surface area contributed by atoms with Crippen LogP contribution >= 0.6 is 0 Å². The second kappa shape index (κ2) is 4.66. The molecule has 0 bridgehead atoms. The lowest BCUT2D eigenvalue weighted by Crippen LogP contribution is -2.47. The molecular formula is C12H14F3NO. The molecule has 3 atom stereocenters. The average Bonchev–Trinajstić information content (AvgIpc) is 2.24. The van der Waals surface area contributed by atoms with Gasteiger partial charge in [-0.2, -0.15) is 0 Å². The molecule has 0 radical (unpaired) electrons. The van der Waals surface area contributed by atoms with Gasteiger partial charge >= 0.3 is 0 Å². The maximum absolute atomic E-state index is 13.6. The first-order chi connectivity index (χ1) is 7.99. The van der Waals surface area contributed by atoms with E-state index in [0.29, 0.717) is 12.7 Å². The van der Waals surface area contributed by atoms with E-state index in [1.165, 1.54) is 0 Å². The van der Waals surface area contributed by atoms with E-state index in [0.717, 1.165) is 6.07 Å². The van der Waals surface area contributed by atoms with Crippen molar-refractivity contribution in [1.29, 1.82) is 0 Å². The van der Waals surface area contributed by atoms with Crippen LogP contribution in [0.15, 0.2) is 12.1 Å². The molecule has 2 unspecified atom stereocenters. The number of halogens is 3. The van der Waals surface area contributed by atoms with Crippen LogP contribution in [-0.4, -0.2) is 18.7 Å². The van der Waals surface area contributed by atoms with Crippen molar-refractivity contribution >= 4 is 0 Å². The van der Waals surface area contributed by atoms with Crippen LogP contribution in [-0.2, 0) is 4.74 Å². The van der Waals surface area contributed by atoms with Gasteiger partial charge in [0.1, 0.15) is 11.9 Å². The minimum atomic E-state index is -1.18. The lowest BCUT2D eigenvalue weighted by molar-refractivity contribution is -0.0227. The van der Waals surface area contributed by atoms with E-state index in [-0.39, 0.29) is 17.6 Å². The predicted octanol–water partition coefficient (Wildman–Crippen LogP) is 2.54. The fourth-order valence-electron chi connectivity index (χ4n) is 2.09. The molecule has 1 heterocycles. The molecule has 17 heavy (non-hydrogen) atoms. The molecule has 2 nitrogen and oxygen atoms in total. The smallest absolute Gasteiger partial charge is 0.161 e. The number of nitrogens with one attached hydrogen (secondary N) is 1. The van der Waals surface area contributed by atoms with Gasteiger partial charge in [0.25, 0.3) is 0 Å². The van der Waals surface area contributed by atoms with Crippen molar-refractivity contribution in [2.75, 3.05) is 6.61 Å². The van der Waals surface area contributed by atoms with E-state index in [2.05, 4.69) is 5.32 Å². The summed E-state index contributed by atoms with van der Waals surface area (Å²) in [5.41, 5.74) is 0.0517. The summed E-state index contributed by atoms with van der Waals surface area (Å²) in [6.07, 6.45) is -0.596. The van der Waals surface area contributed by atoms with E-state index in [1.54, 1.807) is 0 Å². The first-order valence-electron chi connectivity index (χ1n) is 5.51. The van der Waals surface area contributed by atoms with Crippen molar-refractivity contribution in [1.82, 2.24) is 5.32 Å². The maximum Gasteiger partial charge on any atom is 0.161 e. The van der Waals surface area contributed by atoms with Crippen LogP contribution in [0.4, 0.5) is 13.2 Å². The Bertz CT molecular complexity index is 424. The summed E-state index contributed by atoms with van der Waals surface area (Å²) in [6.45, 7) is 4.17. The normalized spacial score (nSPS) is 29.4. The Balaban J connectivity index is 2.31. The van der Waals surface area contributed by atoms with Gasteiger partial charge in [-0.05, 0) is 19.9 Å². The topological polar surface area (TPSA) is 21.3 Å². The zero-order valence-electron chi connectivity index (χ0n) is 9.64. The van der Waals surface area contributed by atoms with Gasteiger partial charge in [0.05, 0.1) is 6.61 Å². The van der Waals surface area contributed by atoms with Gasteiger partial charge in [-0.15, -0.1) is 0 Å². The Hall–Kier alpha value is -1.07. The largest absolute Gasteiger partial charge is 0.370 e. The molecule has 1 aliphatic heterocycles. The zero-order chi connectivity index (χ0) is 12.6. The molecular weight excluding hydrogens is 231 g/mol. The molecule has 1 saturated heterocycles. The van der Waals surface area contributed by atoms with Crippen LogP contribution in [0, 0.1) is 17.5 Å². The molecule has 94 valence electrons. The first kappa shape index (κ1) is 12.4. The summed E-state index contributed by atoms with van der Waals surface area (Å²) < 4.78 is 45.0. The molecule has 5 heteroatoms. The number of morpholine rings is 1. The highest BCUT2D eigenvalue weighted by molar-refractivity contribution is 5.24. The maximum atomic E-state index is 13.6. The Morgan fingerprint density at radius 2 is 1.76 bits per heavy atom. The third-order valence-corrected chi connectivity index (χ3v) is 2.87. The highest BCUT2D eigenvalue weighted by Gasteiger charge is 2.29. The molecule has 1 N–H and O–H groups in total. The van der Waals surface area contributed by atoms with Crippen LogP contribution < -0.4 is 5.32 Å². The zero-order valence-corrected chi connectivity index (χ0v) is 9.64. The van der Waals surface area contributed by atoms with E-state index in [9.17, 15) is 13.2 Å². The average molecular weight is 245 g/mol. The predicted molar refractivity (Wildman–Crippen MR) is 57.1 cm³/mol. The van der Waals surface area contributed by atoms with E-state index >= 15 is 0 Å². The van der Waals surface area contributed by atoms with Crippen LogP contribution in [0.5, 0.6) is 0 Å². The van der Waals surface area contributed by atoms with Crippen LogP contribution in [0.25, 0.3) is 0 Å². The lowest BCUT2D eigenvalue weighted by atomic mass is 10.00. The summed E-state index contributed by atoms with van der Waals surface area (Å²) in [5.74, 6) is -3.02. The number of rotatable bonds is 1. The second-order valence-electron chi connectivity index (χ2n) is 4.40. The van der Waals surface area contributed by atoms with Gasteiger partial charge in [0.15, 0.2) is 11.6 Å². The van der Waals surface area contributed by atoms with E-state index < -0.39 is 23.6 Å². The Labute approximate surface area is 97.8 Å². The van der Waals surface area contributed by atoms with Crippen molar-refractivity contribution in [3.05, 3.63) is 35.1 Å². The summed E-state index contributed by atoms with van der Waals surface area (Å²) in [7, 11) is 0. The fourth-order valence-corrected chi connectivity index (χ4v) is 2.09. The quantitative estimate of drug-likeness (QED) is 0.768. The molecule has 1 aromatic rings. The van der Waals surface area contributed by atoms with Crippen LogP contribution in [0.1, 0.15) is 25.5 Å². The Morgan fingerprint density at radius 1 is 1.12 bits per heavy atom. The highest BCUT2D eigenvalue weighted by Crippen LogP contribution is 2.28. The summed E-state index contributed by atoms with van der Waals surface area (Å²) >= 11 is 0. The first-order valence-corrected chi connectivity index (χ1v) is 5.51. The monoisotopic (exact) mass is 245 g/mol. The molecule has 2 rings (SSSR count). The van der Waals surface area contributed by atoms with Gasteiger partial charge in [0, 0.05) is 23.7 Å². The summed E-state index contributed by atoms with van der Waals surface area (Å²) in [4.78, 5) is 0. The van der Waals surface area contributed by atoms with Crippen LogP contribution in [0.2, 0.25) is 0 Å². The van der Waals surface area contributed by atoms with Gasteiger partial charge < -0.3 is 10.1 Å². The number of benzene rings is 1. The SMILES string of the molecule is CC1N[C@@H](C)COC1c1cc(F)c(F)cc1F. The van der Waals surface area contributed by atoms with Crippen molar-refractivity contribution in [2.45, 2.75) is 32.0 Å². The summed E-state index contributed by atoms with van der Waals surface area (Å²) in [6, 6.07) is 1.43. The number of hydrogen-bond acceptors (Lipinski definition) is 2. The minimum Gasteiger partial charge on any atom is -0.370 e. The molecule has 1 fully saturated rings. The van der Waals surface area contributed by atoms with Crippen molar-refractivity contribution in [2.24, 2.45) is 0 Å². The molecule has 1 aliphatic rings. The molecule has 1 aromatic carbocycles. The fraction of sp³-hybridized carbons (Fsp3) is 0.500. The van der Waals surface area contributed by atoms with Crippen molar-refractivity contribution in [3.8, 4) is 0 Å². The van der Waals surface area contributed by atoms with Crippen molar-refractivity contribution in [3.63, 3.8) is 0 Å². The number of hydrogen-bond donors (Lipinski definition) is 1. The minimum absolute atomic E-state index is 0.0517. The Morgan fingerprint density at radius 3 is 2.41 bits per heavy atom. The van der Waals surface area contributed by atoms with Gasteiger partial charge in [0.2, 0.25) is 0 Å². The van der Waals surface area contributed by atoms with Crippen LogP contribution in [0.3, 0.4) is 0 Å². The molecule has 0 aromatic heterocycles. The summed E-state index contributed by atoms with van der Waals surface area (Å²) in [5, 5.41) is 3.18. The van der Waals surface area contributed by atoms with Gasteiger partial charge in [-0.3, -0.25) is 0 Å². The van der Waals surface area contributed by atoms with Gasteiger partial charge in [-0.1, -0.05) is 0 Å².